The number of nitrogens with one attached hydrogen (secondary N) is 5. The van der Waals surface area contributed by atoms with E-state index in [2.05, 4.69) is 60.4 Å². The molecule has 3 heterocycles. The largest absolute Gasteiger partial charge is 0.508 e. The first-order valence-electron chi connectivity index (χ1n) is 27.3. The maximum absolute atomic E-state index is 14.5. The van der Waals surface area contributed by atoms with E-state index in [1.807, 2.05) is 68.4 Å². The second kappa shape index (κ2) is 28.0. The highest BCUT2D eigenvalue weighted by Crippen LogP contribution is 2.25. The van der Waals surface area contributed by atoms with E-state index < -0.39 is 59.7 Å². The zero-order valence-electron chi connectivity index (χ0n) is 45.0. The van der Waals surface area contributed by atoms with Gasteiger partial charge in [0.1, 0.15) is 29.9 Å². The summed E-state index contributed by atoms with van der Waals surface area (Å²) < 4.78 is 0. The summed E-state index contributed by atoms with van der Waals surface area (Å²) >= 11 is 0. The summed E-state index contributed by atoms with van der Waals surface area (Å²) in [5.74, 6) is -2.55. The first-order valence-corrected chi connectivity index (χ1v) is 27.3. The van der Waals surface area contributed by atoms with Crippen LogP contribution in [0.2, 0.25) is 0 Å². The van der Waals surface area contributed by atoms with Crippen LogP contribution < -0.4 is 44.2 Å². The highest BCUT2D eigenvalue weighted by atomic mass is 16.3. The van der Waals surface area contributed by atoms with E-state index >= 15 is 0 Å². The van der Waals surface area contributed by atoms with Gasteiger partial charge in [-0.2, -0.15) is 0 Å². The number of aromatic hydroxyl groups is 1. The van der Waals surface area contributed by atoms with E-state index in [9.17, 15) is 33.9 Å². The summed E-state index contributed by atoms with van der Waals surface area (Å²) in [7, 11) is 0. The number of nitrogens with zero attached hydrogens (tertiary/aromatic N) is 3. The van der Waals surface area contributed by atoms with Crippen molar-refractivity contribution in [3.8, 4) is 5.75 Å². The van der Waals surface area contributed by atoms with Gasteiger partial charge < -0.3 is 64.1 Å². The molecule has 19 nitrogen and oxygen atoms in total. The highest BCUT2D eigenvalue weighted by molar-refractivity contribution is 5.94. The first-order chi connectivity index (χ1) is 37.5. The van der Waals surface area contributed by atoms with Crippen LogP contribution in [0.5, 0.6) is 5.75 Å². The lowest BCUT2D eigenvalue weighted by Crippen LogP contribution is -2.56. The summed E-state index contributed by atoms with van der Waals surface area (Å²) in [6.45, 7) is 6.83. The number of H-pyrrole nitrogens is 1. The summed E-state index contributed by atoms with van der Waals surface area (Å²) in [6, 6.07) is 23.8. The first kappa shape index (κ1) is 57.9. The molecule has 19 heteroatoms. The number of fused-ring (bicyclic) bond motifs is 2. The minimum absolute atomic E-state index is 0.0247. The van der Waals surface area contributed by atoms with Gasteiger partial charge in [0.2, 0.25) is 35.4 Å². The van der Waals surface area contributed by atoms with Gasteiger partial charge in [0.15, 0.2) is 5.96 Å². The number of carbonyl (C=O) groups is 6. The third kappa shape index (κ3) is 16.6. The quantitative estimate of drug-likeness (QED) is 0.0218. The Balaban J connectivity index is 0.991. The van der Waals surface area contributed by atoms with E-state index in [1.54, 1.807) is 23.2 Å². The molecular formula is C59H78N12O7. The van der Waals surface area contributed by atoms with Gasteiger partial charge in [0.25, 0.3) is 0 Å². The van der Waals surface area contributed by atoms with Crippen LogP contribution in [0, 0.1) is 19.8 Å². The number of rotatable bonds is 26. The molecule has 7 rings (SSSR count). The second-order valence-electron chi connectivity index (χ2n) is 21.0. The average Bonchev–Trinajstić information content (AvgIpc) is 3.76. The molecule has 6 amide bonds. The molecular weight excluding hydrogens is 989 g/mol. The van der Waals surface area contributed by atoms with Crippen LogP contribution in [0.3, 0.4) is 0 Å². The molecule has 0 unspecified atom stereocenters. The number of likely N-dealkylation sites (tertiary alicyclic amines) is 1. The molecule has 0 aliphatic carbocycles. The number of aromatic nitrogens is 1. The lowest BCUT2D eigenvalue weighted by atomic mass is 9.90. The predicted octanol–water partition coefficient (Wildman–Crippen LogP) is 3.18. The maximum atomic E-state index is 14.5. The van der Waals surface area contributed by atoms with E-state index in [0.717, 1.165) is 83.2 Å². The van der Waals surface area contributed by atoms with Gasteiger partial charge >= 0.3 is 0 Å². The number of piperidine rings is 1. The van der Waals surface area contributed by atoms with E-state index in [4.69, 9.17) is 22.9 Å². The normalized spacial score (nSPS) is 16.5. The van der Waals surface area contributed by atoms with Crippen LogP contribution in [0.25, 0.3) is 10.9 Å². The number of aryl methyl sites for hydroxylation is 2. The number of nitrogens with two attached hydrogens (primary N) is 4. The average molecular weight is 1070 g/mol. The number of guanidine groups is 1. The second-order valence-corrected chi connectivity index (χ2v) is 21.0. The minimum atomic E-state index is -1.10. The number of aliphatic imine (C=N–C) groups is 1. The Labute approximate surface area is 456 Å². The molecule has 1 aromatic heterocycles. The van der Waals surface area contributed by atoms with E-state index in [0.29, 0.717) is 25.2 Å². The smallest absolute Gasteiger partial charge is 0.245 e. The summed E-state index contributed by atoms with van der Waals surface area (Å²) in [5.41, 5.74) is 30.6. The molecule has 4 aromatic carbocycles. The SMILES string of the molecule is Cc1cc(O)cc(C)c1C[C@H](N)C(=O)N[C@H](CCCN=C(N)N)C(=O)N[C@H]1Cc2ccccc2CN(CCCC(=O)N[C@@H](CCCN2CCC(Cc3ccccc3)CC2)C(=O)N[C@@H](Cc2c[nH]c3ccccc23)C(N)=O)C1=O. The van der Waals surface area contributed by atoms with Gasteiger partial charge in [0.05, 0.1) is 6.04 Å². The number of phenolic OH excluding ortho intramolecular Hbond substituents is 1. The fraction of sp³-hybridized carbons (Fsp3) is 0.441. The topological polar surface area (TPSA) is 309 Å². The molecule has 5 atom stereocenters. The van der Waals surface area contributed by atoms with Crippen molar-refractivity contribution in [2.24, 2.45) is 33.8 Å². The number of hydrogen-bond acceptors (Lipinski definition) is 10. The summed E-state index contributed by atoms with van der Waals surface area (Å²) in [5, 5.41) is 22.5. The molecule has 78 heavy (non-hydrogen) atoms. The van der Waals surface area contributed by atoms with Crippen molar-refractivity contribution in [1.29, 1.82) is 0 Å². The van der Waals surface area contributed by atoms with E-state index in [-0.39, 0.29) is 75.8 Å². The van der Waals surface area contributed by atoms with Crippen molar-refractivity contribution >= 4 is 52.3 Å². The van der Waals surface area contributed by atoms with Crippen LogP contribution in [-0.2, 0) is 61.0 Å². The monoisotopic (exact) mass is 1070 g/mol. The molecule has 2 aliphatic heterocycles. The molecule has 14 N–H and O–H groups in total. The van der Waals surface area contributed by atoms with Crippen LogP contribution >= 0.6 is 0 Å². The molecule has 0 radical (unpaired) electrons. The fourth-order valence-corrected chi connectivity index (χ4v) is 10.8. The molecule has 5 aromatic rings. The van der Waals surface area contributed by atoms with Gasteiger partial charge in [0, 0.05) is 56.0 Å². The van der Waals surface area contributed by atoms with Gasteiger partial charge in [-0.15, -0.1) is 0 Å². The Morgan fingerprint density at radius 1 is 0.756 bits per heavy atom. The van der Waals surface area contributed by atoms with Gasteiger partial charge in [-0.25, -0.2) is 0 Å². The standard InChI is InChI=1S/C59H78N12O7/c1-37-29-44(72)30-38(2)46(37)34-47(60)55(75)67-50(19-10-24-64-59(62)63)57(77)69-52-32-41-15-6-7-16-42(41)36-71(58(52)78)26-12-21-53(73)66-49(20-11-25-70-27-22-40(23-28-70)31-39-13-4-3-5-14-39)56(76)68-51(54(61)74)33-43-35-65-48-18-9-8-17-45(43)48/h3-9,13-18,29-30,35,40,47,49-52,65,72H,10-12,19-28,31-34,36,60H2,1-2H3,(H2,61,74)(H,66,73)(H,67,75)(H,68,76)(H,69,77)(H4,62,63,64)/t47-,49-,50+,51-,52-/m0/s1. The third-order valence-corrected chi connectivity index (χ3v) is 15.1. The zero-order valence-corrected chi connectivity index (χ0v) is 45.0. The Kier molecular flexibility index (Phi) is 20.8. The van der Waals surface area contributed by atoms with Crippen LogP contribution in [0.15, 0.2) is 102 Å². The zero-order chi connectivity index (χ0) is 55.7. The Morgan fingerprint density at radius 2 is 1.41 bits per heavy atom. The summed E-state index contributed by atoms with van der Waals surface area (Å²) in [6.07, 6.45) is 7.09. The maximum Gasteiger partial charge on any atom is 0.245 e. The number of primary amides is 1. The Morgan fingerprint density at radius 3 is 2.13 bits per heavy atom. The number of hydrogen-bond donors (Lipinski definition) is 10. The molecule has 1 fully saturated rings. The number of carbonyl (C=O) groups excluding carboxylic acids is 6. The van der Waals surface area contributed by atoms with Crippen LogP contribution in [-0.4, -0.2) is 124 Å². The predicted molar refractivity (Wildman–Crippen MR) is 301 cm³/mol. The number of para-hydroxylation sites is 1. The third-order valence-electron chi connectivity index (χ3n) is 15.1. The number of benzene rings is 4. The lowest BCUT2D eigenvalue weighted by Gasteiger charge is -2.32. The number of amides is 6. The van der Waals surface area contributed by atoms with Crippen LogP contribution in [0.1, 0.15) is 90.3 Å². The van der Waals surface area contributed by atoms with Gasteiger partial charge in [-0.05, 0) is 154 Å². The number of aromatic amines is 1. The molecule has 0 spiro atoms. The fourth-order valence-electron chi connectivity index (χ4n) is 10.8. The summed E-state index contributed by atoms with van der Waals surface area (Å²) in [4.78, 5) is 94.6. The molecule has 416 valence electrons. The molecule has 0 bridgehead atoms. The van der Waals surface area contributed by atoms with Crippen molar-refractivity contribution in [2.45, 2.75) is 128 Å². The van der Waals surface area contributed by atoms with E-state index in [1.165, 1.54) is 5.56 Å². The van der Waals surface area contributed by atoms with Crippen molar-refractivity contribution in [1.82, 2.24) is 36.1 Å². The lowest BCUT2D eigenvalue weighted by molar-refractivity contribution is -0.138. The van der Waals surface area contributed by atoms with Crippen molar-refractivity contribution in [2.75, 3.05) is 32.7 Å². The highest BCUT2D eigenvalue weighted by Gasteiger charge is 2.34. The minimum Gasteiger partial charge on any atom is -0.508 e. The van der Waals surface area contributed by atoms with Crippen molar-refractivity contribution in [3.05, 3.63) is 136 Å². The molecule has 0 saturated carbocycles. The van der Waals surface area contributed by atoms with Crippen molar-refractivity contribution < 1.29 is 33.9 Å². The van der Waals surface area contributed by atoms with Gasteiger partial charge in [-0.3, -0.25) is 33.8 Å². The van der Waals surface area contributed by atoms with Crippen LogP contribution in [0.4, 0.5) is 0 Å². The Hall–Kier alpha value is -7.77. The number of phenols is 1. The molecule has 1 saturated heterocycles. The van der Waals surface area contributed by atoms with Crippen molar-refractivity contribution in [3.63, 3.8) is 0 Å². The molecule has 2 aliphatic rings. The van der Waals surface area contributed by atoms with Gasteiger partial charge in [-0.1, -0.05) is 72.8 Å². The Bertz CT molecular complexity index is 2870.